The largest absolute Gasteiger partial charge is 0.326 e. The van der Waals surface area contributed by atoms with E-state index in [4.69, 9.17) is 23.2 Å². The van der Waals surface area contributed by atoms with Gasteiger partial charge < -0.3 is 10.2 Å². The molecule has 126 valence electrons. The van der Waals surface area contributed by atoms with Gasteiger partial charge in [0, 0.05) is 22.3 Å². The lowest BCUT2D eigenvalue weighted by Gasteiger charge is -2.23. The number of likely N-dealkylation sites (tertiary alicyclic amines) is 1. The summed E-state index contributed by atoms with van der Waals surface area (Å²) >= 11 is 13.2. The summed E-state index contributed by atoms with van der Waals surface area (Å²) < 4.78 is 0. The summed E-state index contributed by atoms with van der Waals surface area (Å²) in [6, 6.07) is 4.34. The fourth-order valence-electron chi connectivity index (χ4n) is 2.77. The molecule has 0 aliphatic carbocycles. The predicted octanol–water partition coefficient (Wildman–Crippen LogP) is 4.00. The van der Waals surface area contributed by atoms with Gasteiger partial charge in [-0.2, -0.15) is 0 Å². The normalized spacial score (nSPS) is 17.1. The zero-order chi connectivity index (χ0) is 17.3. The molecule has 2 amide bonds. The quantitative estimate of drug-likeness (QED) is 0.870. The SMILES string of the molecule is Cc1ncsc1C(=O)N1CCC[C@@H]1C(=O)Nc1cc(Cl)cc(Cl)c1. The van der Waals surface area contributed by atoms with E-state index in [1.165, 1.54) is 11.3 Å². The third kappa shape index (κ3) is 3.55. The summed E-state index contributed by atoms with van der Waals surface area (Å²) in [4.78, 5) is 31.6. The molecular weight excluding hydrogens is 369 g/mol. The van der Waals surface area contributed by atoms with Crippen molar-refractivity contribution in [3.63, 3.8) is 0 Å². The van der Waals surface area contributed by atoms with Crippen molar-refractivity contribution in [3.05, 3.63) is 44.3 Å². The van der Waals surface area contributed by atoms with E-state index in [1.54, 1.807) is 35.5 Å². The molecule has 2 aromatic rings. The molecule has 1 N–H and O–H groups in total. The molecule has 8 heteroatoms. The molecule has 1 aliphatic heterocycles. The third-order valence-electron chi connectivity index (χ3n) is 3.89. The van der Waals surface area contributed by atoms with Crippen molar-refractivity contribution in [1.82, 2.24) is 9.88 Å². The minimum Gasteiger partial charge on any atom is -0.326 e. The molecule has 1 aromatic carbocycles. The maximum atomic E-state index is 12.7. The van der Waals surface area contributed by atoms with E-state index in [-0.39, 0.29) is 11.8 Å². The highest BCUT2D eigenvalue weighted by molar-refractivity contribution is 7.11. The topological polar surface area (TPSA) is 62.3 Å². The Kier molecular flexibility index (Phi) is 5.08. The summed E-state index contributed by atoms with van der Waals surface area (Å²) in [7, 11) is 0. The molecule has 0 saturated carbocycles. The van der Waals surface area contributed by atoms with Crippen LogP contribution in [-0.2, 0) is 4.79 Å². The van der Waals surface area contributed by atoms with Crippen LogP contribution in [0.4, 0.5) is 5.69 Å². The number of hydrogen-bond acceptors (Lipinski definition) is 4. The highest BCUT2D eigenvalue weighted by Crippen LogP contribution is 2.26. The number of thiazole rings is 1. The van der Waals surface area contributed by atoms with Gasteiger partial charge in [-0.05, 0) is 38.0 Å². The van der Waals surface area contributed by atoms with Gasteiger partial charge in [-0.1, -0.05) is 23.2 Å². The minimum atomic E-state index is -0.503. The molecule has 0 unspecified atom stereocenters. The average molecular weight is 384 g/mol. The van der Waals surface area contributed by atoms with Crippen molar-refractivity contribution < 1.29 is 9.59 Å². The summed E-state index contributed by atoms with van der Waals surface area (Å²) in [5.74, 6) is -0.377. The van der Waals surface area contributed by atoms with Gasteiger partial charge in [-0.15, -0.1) is 11.3 Å². The number of aromatic nitrogens is 1. The lowest BCUT2D eigenvalue weighted by atomic mass is 10.2. The molecular formula is C16H15Cl2N3O2S. The van der Waals surface area contributed by atoms with Gasteiger partial charge >= 0.3 is 0 Å². The van der Waals surface area contributed by atoms with E-state index in [1.807, 2.05) is 0 Å². The van der Waals surface area contributed by atoms with E-state index in [0.717, 1.165) is 6.42 Å². The Morgan fingerprint density at radius 3 is 2.62 bits per heavy atom. The molecule has 0 bridgehead atoms. The zero-order valence-electron chi connectivity index (χ0n) is 12.9. The molecule has 0 radical (unpaired) electrons. The highest BCUT2D eigenvalue weighted by atomic mass is 35.5. The van der Waals surface area contributed by atoms with Crippen LogP contribution in [0.15, 0.2) is 23.7 Å². The van der Waals surface area contributed by atoms with Crippen LogP contribution in [0.5, 0.6) is 0 Å². The number of amides is 2. The summed E-state index contributed by atoms with van der Waals surface area (Å²) in [5.41, 5.74) is 2.85. The first-order valence-corrected chi connectivity index (χ1v) is 9.07. The molecule has 2 heterocycles. The van der Waals surface area contributed by atoms with E-state index >= 15 is 0 Å². The van der Waals surface area contributed by atoms with Gasteiger partial charge in [0.05, 0.1) is 11.2 Å². The van der Waals surface area contributed by atoms with Crippen molar-refractivity contribution in [2.45, 2.75) is 25.8 Å². The number of anilines is 1. The average Bonchev–Trinajstić information content (AvgIpc) is 3.14. The second-order valence-electron chi connectivity index (χ2n) is 5.57. The Labute approximate surface area is 153 Å². The van der Waals surface area contributed by atoms with Gasteiger partial charge in [0.1, 0.15) is 10.9 Å². The maximum Gasteiger partial charge on any atom is 0.266 e. The second kappa shape index (κ2) is 7.09. The number of carbonyl (C=O) groups is 2. The van der Waals surface area contributed by atoms with Gasteiger partial charge in [-0.3, -0.25) is 9.59 Å². The lowest BCUT2D eigenvalue weighted by molar-refractivity contribution is -0.119. The minimum absolute atomic E-state index is 0.142. The smallest absolute Gasteiger partial charge is 0.266 e. The number of hydrogen-bond donors (Lipinski definition) is 1. The lowest BCUT2D eigenvalue weighted by Crippen LogP contribution is -2.43. The number of aryl methyl sites for hydroxylation is 1. The fraction of sp³-hybridized carbons (Fsp3) is 0.312. The Morgan fingerprint density at radius 2 is 2.00 bits per heavy atom. The van der Waals surface area contributed by atoms with Crippen molar-refractivity contribution in [1.29, 1.82) is 0 Å². The van der Waals surface area contributed by atoms with Crippen LogP contribution in [0.3, 0.4) is 0 Å². The van der Waals surface area contributed by atoms with Crippen molar-refractivity contribution in [2.75, 3.05) is 11.9 Å². The number of carbonyl (C=O) groups excluding carboxylic acids is 2. The van der Waals surface area contributed by atoms with Crippen LogP contribution in [0.1, 0.15) is 28.2 Å². The van der Waals surface area contributed by atoms with Gasteiger partial charge in [-0.25, -0.2) is 4.98 Å². The number of rotatable bonds is 3. The molecule has 0 spiro atoms. The Balaban J connectivity index is 1.76. The first-order chi connectivity index (χ1) is 11.5. The first-order valence-electron chi connectivity index (χ1n) is 7.43. The van der Waals surface area contributed by atoms with E-state index in [0.29, 0.717) is 39.3 Å². The Bertz CT molecular complexity index is 773. The van der Waals surface area contributed by atoms with Crippen molar-refractivity contribution >= 4 is 52.0 Å². The summed E-state index contributed by atoms with van der Waals surface area (Å²) in [6.07, 6.45) is 1.42. The van der Waals surface area contributed by atoms with E-state index in [2.05, 4.69) is 10.3 Å². The van der Waals surface area contributed by atoms with Crippen LogP contribution in [0, 0.1) is 6.92 Å². The molecule has 1 atom stereocenters. The monoisotopic (exact) mass is 383 g/mol. The van der Waals surface area contributed by atoms with Crippen molar-refractivity contribution in [3.8, 4) is 0 Å². The molecule has 1 saturated heterocycles. The molecule has 1 aliphatic rings. The number of benzene rings is 1. The zero-order valence-corrected chi connectivity index (χ0v) is 15.2. The van der Waals surface area contributed by atoms with Crippen LogP contribution < -0.4 is 5.32 Å². The second-order valence-corrected chi connectivity index (χ2v) is 7.30. The Morgan fingerprint density at radius 1 is 1.29 bits per heavy atom. The first kappa shape index (κ1) is 17.2. The van der Waals surface area contributed by atoms with Gasteiger partial charge in [0.15, 0.2) is 0 Å². The number of halogens is 2. The molecule has 5 nitrogen and oxygen atoms in total. The molecule has 3 rings (SSSR count). The highest BCUT2D eigenvalue weighted by Gasteiger charge is 2.35. The number of nitrogens with one attached hydrogen (secondary N) is 1. The van der Waals surface area contributed by atoms with Crippen molar-refractivity contribution in [2.24, 2.45) is 0 Å². The van der Waals surface area contributed by atoms with Crippen LogP contribution in [0.2, 0.25) is 10.0 Å². The van der Waals surface area contributed by atoms with E-state index < -0.39 is 6.04 Å². The van der Waals surface area contributed by atoms with Gasteiger partial charge in [0.2, 0.25) is 5.91 Å². The summed E-state index contributed by atoms with van der Waals surface area (Å²) in [6.45, 7) is 2.35. The number of nitrogens with zero attached hydrogens (tertiary/aromatic N) is 2. The summed E-state index contributed by atoms with van der Waals surface area (Å²) in [5, 5.41) is 3.68. The van der Waals surface area contributed by atoms with Gasteiger partial charge in [0.25, 0.3) is 5.91 Å². The molecule has 1 fully saturated rings. The maximum absolute atomic E-state index is 12.7. The van der Waals surface area contributed by atoms with Crippen LogP contribution >= 0.6 is 34.5 Å². The third-order valence-corrected chi connectivity index (χ3v) is 5.24. The Hall–Kier alpha value is -1.63. The molecule has 24 heavy (non-hydrogen) atoms. The standard InChI is InChI=1S/C16H15Cl2N3O2S/c1-9-14(24-8-19-9)16(23)21-4-2-3-13(21)15(22)20-12-6-10(17)5-11(18)7-12/h5-8,13H,2-4H2,1H3,(H,20,22)/t13-/m1/s1. The predicted molar refractivity (Wildman–Crippen MR) is 96.0 cm³/mol. The fourth-order valence-corrected chi connectivity index (χ4v) is 4.06. The molecule has 1 aromatic heterocycles. The van der Waals surface area contributed by atoms with E-state index in [9.17, 15) is 9.59 Å². The van der Waals surface area contributed by atoms with Crippen LogP contribution in [-0.4, -0.2) is 34.3 Å². The van der Waals surface area contributed by atoms with Crippen LogP contribution in [0.25, 0.3) is 0 Å².